The molecule has 0 radical (unpaired) electrons. The lowest BCUT2D eigenvalue weighted by molar-refractivity contribution is 0.425. The van der Waals surface area contributed by atoms with Crippen molar-refractivity contribution in [3.63, 3.8) is 0 Å². The SMILES string of the molecule is Cc1nn(C)c(Oc2cccc(I)c2)c1CCN. The third-order valence-electron chi connectivity index (χ3n) is 2.69. The number of nitrogens with two attached hydrogens (primary N) is 1. The van der Waals surface area contributed by atoms with Crippen LogP contribution in [0.3, 0.4) is 0 Å². The molecule has 0 unspecified atom stereocenters. The first kappa shape index (κ1) is 13.4. The molecule has 4 nitrogen and oxygen atoms in total. The van der Waals surface area contributed by atoms with E-state index in [0.29, 0.717) is 6.54 Å². The molecule has 0 atom stereocenters. The van der Waals surface area contributed by atoms with Crippen LogP contribution >= 0.6 is 22.6 Å². The van der Waals surface area contributed by atoms with Crippen LogP contribution < -0.4 is 10.5 Å². The number of aryl methyl sites for hydroxylation is 2. The van der Waals surface area contributed by atoms with Crippen molar-refractivity contribution in [2.45, 2.75) is 13.3 Å². The topological polar surface area (TPSA) is 53.1 Å². The van der Waals surface area contributed by atoms with Gasteiger partial charge in [-0.1, -0.05) is 6.07 Å². The van der Waals surface area contributed by atoms with Crippen molar-refractivity contribution >= 4 is 22.6 Å². The smallest absolute Gasteiger partial charge is 0.221 e. The van der Waals surface area contributed by atoms with Crippen LogP contribution in [0.2, 0.25) is 0 Å². The molecule has 1 heterocycles. The number of hydrogen-bond acceptors (Lipinski definition) is 3. The Bertz CT molecular complexity index is 551. The molecule has 1 aromatic carbocycles. The van der Waals surface area contributed by atoms with Gasteiger partial charge in [-0.15, -0.1) is 0 Å². The van der Waals surface area contributed by atoms with Crippen molar-refractivity contribution in [2.75, 3.05) is 6.54 Å². The Morgan fingerprint density at radius 3 is 2.89 bits per heavy atom. The summed E-state index contributed by atoms with van der Waals surface area (Å²) in [6.45, 7) is 2.57. The van der Waals surface area contributed by atoms with Gasteiger partial charge in [-0.25, -0.2) is 4.68 Å². The maximum absolute atomic E-state index is 5.93. The van der Waals surface area contributed by atoms with Gasteiger partial charge in [0.2, 0.25) is 5.88 Å². The number of benzene rings is 1. The zero-order valence-electron chi connectivity index (χ0n) is 10.5. The average Bonchev–Trinajstić information content (AvgIpc) is 2.57. The molecule has 2 aromatic rings. The summed E-state index contributed by atoms with van der Waals surface area (Å²) in [5.74, 6) is 1.60. The number of halogens is 1. The van der Waals surface area contributed by atoms with Crippen LogP contribution in [0.5, 0.6) is 11.6 Å². The predicted octanol–water partition coefficient (Wildman–Crippen LogP) is 2.63. The van der Waals surface area contributed by atoms with E-state index in [-0.39, 0.29) is 0 Å². The van der Waals surface area contributed by atoms with Crippen LogP contribution in [0, 0.1) is 10.5 Å². The maximum Gasteiger partial charge on any atom is 0.221 e. The summed E-state index contributed by atoms with van der Waals surface area (Å²) in [7, 11) is 1.89. The predicted molar refractivity (Wildman–Crippen MR) is 79.9 cm³/mol. The molecule has 0 fully saturated rings. The zero-order chi connectivity index (χ0) is 13.1. The molecule has 0 saturated heterocycles. The van der Waals surface area contributed by atoms with Gasteiger partial charge in [0.05, 0.1) is 5.69 Å². The van der Waals surface area contributed by atoms with Crippen LogP contribution in [0.25, 0.3) is 0 Å². The minimum atomic E-state index is 0.592. The molecule has 2 N–H and O–H groups in total. The standard InChI is InChI=1S/C13H16IN3O/c1-9-12(6-7-15)13(17(2)16-9)18-11-5-3-4-10(14)8-11/h3-5,8H,6-7,15H2,1-2H3. The lowest BCUT2D eigenvalue weighted by Gasteiger charge is -2.08. The van der Waals surface area contributed by atoms with Crippen molar-refractivity contribution in [1.29, 1.82) is 0 Å². The molecule has 2 rings (SSSR count). The molecule has 0 aliphatic rings. The minimum Gasteiger partial charge on any atom is -0.439 e. The van der Waals surface area contributed by atoms with Gasteiger partial charge in [0.15, 0.2) is 0 Å². The Morgan fingerprint density at radius 1 is 1.44 bits per heavy atom. The summed E-state index contributed by atoms with van der Waals surface area (Å²) in [5.41, 5.74) is 7.69. The van der Waals surface area contributed by atoms with E-state index < -0.39 is 0 Å². The van der Waals surface area contributed by atoms with Gasteiger partial charge in [0.1, 0.15) is 5.75 Å². The van der Waals surface area contributed by atoms with Gasteiger partial charge in [-0.3, -0.25) is 0 Å². The van der Waals surface area contributed by atoms with E-state index in [1.165, 1.54) is 0 Å². The quantitative estimate of drug-likeness (QED) is 0.856. The maximum atomic E-state index is 5.93. The van der Waals surface area contributed by atoms with Crippen molar-refractivity contribution < 1.29 is 4.74 Å². The fraction of sp³-hybridized carbons (Fsp3) is 0.308. The lowest BCUT2D eigenvalue weighted by atomic mass is 10.2. The van der Waals surface area contributed by atoms with Gasteiger partial charge in [-0.05, 0) is 60.7 Å². The summed E-state index contributed by atoms with van der Waals surface area (Å²) < 4.78 is 8.84. The lowest BCUT2D eigenvalue weighted by Crippen LogP contribution is -2.05. The van der Waals surface area contributed by atoms with E-state index in [1.807, 2.05) is 38.2 Å². The second-order valence-corrected chi connectivity index (χ2v) is 5.34. The van der Waals surface area contributed by atoms with Gasteiger partial charge < -0.3 is 10.5 Å². The van der Waals surface area contributed by atoms with Gasteiger partial charge >= 0.3 is 0 Å². The van der Waals surface area contributed by atoms with Crippen LogP contribution in [0.4, 0.5) is 0 Å². The Morgan fingerprint density at radius 2 is 2.22 bits per heavy atom. The van der Waals surface area contributed by atoms with E-state index >= 15 is 0 Å². The number of aromatic nitrogens is 2. The summed E-state index contributed by atoms with van der Waals surface area (Å²) in [6.07, 6.45) is 0.777. The molecular formula is C13H16IN3O. The highest BCUT2D eigenvalue weighted by Crippen LogP contribution is 2.28. The molecule has 96 valence electrons. The molecule has 0 aliphatic carbocycles. The van der Waals surface area contributed by atoms with Gasteiger partial charge in [-0.2, -0.15) is 5.10 Å². The largest absolute Gasteiger partial charge is 0.439 e. The second kappa shape index (κ2) is 5.71. The van der Waals surface area contributed by atoms with Crippen molar-refractivity contribution in [1.82, 2.24) is 9.78 Å². The highest BCUT2D eigenvalue weighted by atomic mass is 127. The Balaban J connectivity index is 2.33. The van der Waals surface area contributed by atoms with Crippen LogP contribution in [0.1, 0.15) is 11.3 Å². The van der Waals surface area contributed by atoms with E-state index in [1.54, 1.807) is 4.68 Å². The van der Waals surface area contributed by atoms with Crippen LogP contribution in [-0.2, 0) is 13.5 Å². The van der Waals surface area contributed by atoms with E-state index in [4.69, 9.17) is 10.5 Å². The first-order valence-electron chi connectivity index (χ1n) is 5.77. The monoisotopic (exact) mass is 357 g/mol. The summed E-state index contributed by atoms with van der Waals surface area (Å²) in [5, 5.41) is 4.38. The zero-order valence-corrected chi connectivity index (χ0v) is 12.6. The first-order valence-corrected chi connectivity index (χ1v) is 6.85. The molecule has 18 heavy (non-hydrogen) atoms. The molecule has 0 spiro atoms. The van der Waals surface area contributed by atoms with Crippen molar-refractivity contribution in [3.8, 4) is 11.6 Å². The molecule has 5 heteroatoms. The van der Waals surface area contributed by atoms with E-state index in [9.17, 15) is 0 Å². The van der Waals surface area contributed by atoms with Gasteiger partial charge in [0, 0.05) is 16.2 Å². The first-order chi connectivity index (χ1) is 8.61. The second-order valence-electron chi connectivity index (χ2n) is 4.09. The third kappa shape index (κ3) is 2.84. The fourth-order valence-electron chi connectivity index (χ4n) is 1.88. The van der Waals surface area contributed by atoms with Gasteiger partial charge in [0.25, 0.3) is 0 Å². The molecule has 0 saturated carbocycles. The summed E-state index contributed by atoms with van der Waals surface area (Å²) >= 11 is 2.26. The molecule has 0 bridgehead atoms. The minimum absolute atomic E-state index is 0.592. The van der Waals surface area contributed by atoms with Crippen molar-refractivity contribution in [2.24, 2.45) is 12.8 Å². The number of nitrogens with zero attached hydrogens (tertiary/aromatic N) is 2. The number of ether oxygens (including phenoxy) is 1. The normalized spacial score (nSPS) is 10.7. The summed E-state index contributed by atoms with van der Waals surface area (Å²) in [6, 6.07) is 7.94. The molecule has 0 amide bonds. The Hall–Kier alpha value is -1.08. The van der Waals surface area contributed by atoms with E-state index in [2.05, 4.69) is 27.7 Å². The third-order valence-corrected chi connectivity index (χ3v) is 3.36. The molecular weight excluding hydrogens is 341 g/mol. The van der Waals surface area contributed by atoms with Crippen molar-refractivity contribution in [3.05, 3.63) is 39.1 Å². The van der Waals surface area contributed by atoms with E-state index in [0.717, 1.165) is 32.9 Å². The molecule has 1 aromatic heterocycles. The average molecular weight is 357 g/mol. The Kier molecular flexibility index (Phi) is 4.23. The molecule has 0 aliphatic heterocycles. The van der Waals surface area contributed by atoms with Crippen LogP contribution in [-0.4, -0.2) is 16.3 Å². The highest BCUT2D eigenvalue weighted by molar-refractivity contribution is 14.1. The van der Waals surface area contributed by atoms with Crippen LogP contribution in [0.15, 0.2) is 24.3 Å². The summed E-state index contributed by atoms with van der Waals surface area (Å²) in [4.78, 5) is 0. The number of hydrogen-bond donors (Lipinski definition) is 1. The highest BCUT2D eigenvalue weighted by Gasteiger charge is 2.14. The fourth-order valence-corrected chi connectivity index (χ4v) is 2.40. The Labute approximate surface area is 120 Å². The number of rotatable bonds is 4.